The maximum atomic E-state index is 11.9. The second kappa shape index (κ2) is 6.87. The van der Waals surface area contributed by atoms with Crippen molar-refractivity contribution >= 4 is 28.2 Å². The van der Waals surface area contributed by atoms with Gasteiger partial charge >= 0.3 is 0 Å². The summed E-state index contributed by atoms with van der Waals surface area (Å²) in [5.41, 5.74) is 11.7. The molecule has 1 aliphatic heterocycles. The number of rotatable bonds is 5. The van der Waals surface area contributed by atoms with Gasteiger partial charge in [-0.05, 0) is 19.3 Å². The summed E-state index contributed by atoms with van der Waals surface area (Å²) in [6, 6.07) is 0.254. The number of amides is 1. The van der Waals surface area contributed by atoms with E-state index in [1.165, 1.54) is 11.3 Å². The predicted octanol–water partition coefficient (Wildman–Crippen LogP) is -0.235. The molecule has 1 amide bonds. The van der Waals surface area contributed by atoms with E-state index in [9.17, 15) is 4.79 Å². The van der Waals surface area contributed by atoms with Gasteiger partial charge in [0.25, 0.3) is 5.91 Å². The number of anilines is 2. The lowest BCUT2D eigenvalue weighted by Gasteiger charge is -2.29. The van der Waals surface area contributed by atoms with Gasteiger partial charge in [-0.2, -0.15) is 0 Å². The zero-order valence-electron chi connectivity index (χ0n) is 11.3. The Balaban J connectivity index is 2.00. The summed E-state index contributed by atoms with van der Waals surface area (Å²) in [7, 11) is 0. The number of aromatic nitrogens is 1. The Kier molecular flexibility index (Phi) is 5.16. The van der Waals surface area contributed by atoms with Crippen LogP contribution in [0.15, 0.2) is 0 Å². The van der Waals surface area contributed by atoms with Crippen molar-refractivity contribution in [3.63, 3.8) is 0 Å². The van der Waals surface area contributed by atoms with Gasteiger partial charge in [-0.15, -0.1) is 0 Å². The molecule has 2 rings (SSSR count). The van der Waals surface area contributed by atoms with Gasteiger partial charge in [0.05, 0.1) is 0 Å². The van der Waals surface area contributed by atoms with Gasteiger partial charge in [-0.1, -0.05) is 11.3 Å². The molecule has 0 bridgehead atoms. The minimum absolute atomic E-state index is 0.0533. The van der Waals surface area contributed by atoms with E-state index >= 15 is 0 Å². The summed E-state index contributed by atoms with van der Waals surface area (Å²) in [6.07, 6.45) is 2.39. The Hall–Kier alpha value is -1.38. The molecule has 0 unspecified atom stereocenters. The number of carbonyl (C=O) groups is 1. The Morgan fingerprint density at radius 2 is 2.20 bits per heavy atom. The van der Waals surface area contributed by atoms with E-state index in [0.29, 0.717) is 17.8 Å². The molecule has 1 aromatic heterocycles. The van der Waals surface area contributed by atoms with Crippen LogP contribution in [0.5, 0.6) is 0 Å². The van der Waals surface area contributed by atoms with E-state index in [1.54, 1.807) is 0 Å². The van der Waals surface area contributed by atoms with Gasteiger partial charge in [0.2, 0.25) is 0 Å². The van der Waals surface area contributed by atoms with E-state index < -0.39 is 0 Å². The highest BCUT2D eigenvalue weighted by atomic mass is 32.1. The van der Waals surface area contributed by atoms with Gasteiger partial charge in [-0.3, -0.25) is 4.79 Å². The first-order valence-corrected chi connectivity index (χ1v) is 7.59. The Morgan fingerprint density at radius 1 is 1.50 bits per heavy atom. The highest BCUT2D eigenvalue weighted by Gasteiger charge is 2.22. The Labute approximate surface area is 122 Å². The first kappa shape index (κ1) is 15.0. The van der Waals surface area contributed by atoms with E-state index in [2.05, 4.69) is 15.2 Å². The van der Waals surface area contributed by atoms with Crippen molar-refractivity contribution < 1.29 is 9.90 Å². The third-order valence-corrected chi connectivity index (χ3v) is 4.41. The van der Waals surface area contributed by atoms with Crippen LogP contribution in [0.25, 0.3) is 0 Å². The average molecular weight is 299 g/mol. The Bertz CT molecular complexity index is 457. The van der Waals surface area contributed by atoms with Crippen molar-refractivity contribution in [1.29, 1.82) is 0 Å². The maximum absolute atomic E-state index is 11.9. The molecule has 0 saturated carbocycles. The zero-order chi connectivity index (χ0) is 14.5. The molecule has 1 aromatic rings. The number of nitrogen functional groups attached to an aromatic ring is 1. The number of aliphatic hydroxyl groups excluding tert-OH is 1. The molecule has 1 aliphatic rings. The van der Waals surface area contributed by atoms with Crippen molar-refractivity contribution in [2.24, 2.45) is 5.73 Å². The van der Waals surface area contributed by atoms with Crippen LogP contribution in [0.3, 0.4) is 0 Å². The summed E-state index contributed by atoms with van der Waals surface area (Å²) in [5, 5.41) is 12.2. The molecule has 0 radical (unpaired) electrons. The zero-order valence-corrected chi connectivity index (χ0v) is 12.2. The maximum Gasteiger partial charge on any atom is 0.265 e. The lowest BCUT2D eigenvalue weighted by atomic mass is 10.1. The third-order valence-electron chi connectivity index (χ3n) is 3.28. The lowest BCUT2D eigenvalue weighted by Crippen LogP contribution is -2.39. The molecule has 6 N–H and O–H groups in total. The fourth-order valence-electron chi connectivity index (χ4n) is 2.07. The van der Waals surface area contributed by atoms with Crippen LogP contribution < -0.4 is 21.7 Å². The molecule has 0 atom stereocenters. The van der Waals surface area contributed by atoms with Gasteiger partial charge in [0.1, 0.15) is 10.7 Å². The third kappa shape index (κ3) is 3.59. The van der Waals surface area contributed by atoms with E-state index in [4.69, 9.17) is 16.6 Å². The smallest absolute Gasteiger partial charge is 0.265 e. The molecular weight excluding hydrogens is 278 g/mol. The van der Waals surface area contributed by atoms with Crippen molar-refractivity contribution in [3.8, 4) is 0 Å². The number of carbonyl (C=O) groups excluding carboxylic acids is 1. The van der Waals surface area contributed by atoms with Crippen LogP contribution in [0.1, 0.15) is 28.9 Å². The summed E-state index contributed by atoms with van der Waals surface area (Å²) < 4.78 is 0. The minimum Gasteiger partial charge on any atom is -0.396 e. The van der Waals surface area contributed by atoms with Gasteiger partial charge < -0.3 is 26.8 Å². The molecule has 0 aliphatic carbocycles. The second-order valence-electron chi connectivity index (χ2n) is 4.87. The standard InChI is InChI=1S/C12H21N5O2S/c13-8-2-5-17(6-3-8)12-16-10(14)9(20-12)11(19)15-4-1-7-18/h8,18H,1-7,13-14H2,(H,15,19). The van der Waals surface area contributed by atoms with Crippen LogP contribution in [0, 0.1) is 0 Å². The van der Waals surface area contributed by atoms with Crippen LogP contribution in [-0.2, 0) is 0 Å². The summed E-state index contributed by atoms with van der Waals surface area (Å²) in [6.45, 7) is 2.18. The highest BCUT2D eigenvalue weighted by molar-refractivity contribution is 7.18. The number of nitrogens with zero attached hydrogens (tertiary/aromatic N) is 2. The molecule has 1 fully saturated rings. The molecule has 20 heavy (non-hydrogen) atoms. The summed E-state index contributed by atoms with van der Waals surface area (Å²) >= 11 is 1.31. The quantitative estimate of drug-likeness (QED) is 0.558. The van der Waals surface area contributed by atoms with Crippen LogP contribution in [-0.4, -0.2) is 48.3 Å². The number of thiazole rings is 1. The van der Waals surface area contributed by atoms with Crippen LogP contribution in [0.2, 0.25) is 0 Å². The monoisotopic (exact) mass is 299 g/mol. The molecule has 7 nitrogen and oxygen atoms in total. The van der Waals surface area contributed by atoms with Gasteiger partial charge in [0, 0.05) is 32.3 Å². The number of hydrogen-bond donors (Lipinski definition) is 4. The highest BCUT2D eigenvalue weighted by Crippen LogP contribution is 2.29. The lowest BCUT2D eigenvalue weighted by molar-refractivity contribution is 0.0956. The normalized spacial score (nSPS) is 16.4. The first-order valence-electron chi connectivity index (χ1n) is 6.77. The number of aliphatic hydroxyl groups is 1. The number of nitrogens with two attached hydrogens (primary N) is 2. The van der Waals surface area contributed by atoms with Crippen LogP contribution in [0.4, 0.5) is 10.9 Å². The van der Waals surface area contributed by atoms with E-state index in [1.807, 2.05) is 0 Å². The van der Waals surface area contributed by atoms with Crippen LogP contribution >= 0.6 is 11.3 Å². The molecule has 0 aromatic carbocycles. The molecular formula is C12H21N5O2S. The summed E-state index contributed by atoms with van der Waals surface area (Å²) in [4.78, 5) is 18.8. The fourth-order valence-corrected chi connectivity index (χ4v) is 3.02. The van der Waals surface area contributed by atoms with Crippen molar-refractivity contribution in [1.82, 2.24) is 10.3 Å². The van der Waals surface area contributed by atoms with Crippen molar-refractivity contribution in [2.45, 2.75) is 25.3 Å². The molecule has 8 heteroatoms. The molecule has 112 valence electrons. The minimum atomic E-state index is -0.228. The Morgan fingerprint density at radius 3 is 2.85 bits per heavy atom. The van der Waals surface area contributed by atoms with Gasteiger partial charge in [-0.25, -0.2) is 4.98 Å². The predicted molar refractivity (Wildman–Crippen MR) is 80.0 cm³/mol. The SMILES string of the molecule is Nc1nc(N2CCC(N)CC2)sc1C(=O)NCCCO. The van der Waals surface area contributed by atoms with E-state index in [0.717, 1.165) is 31.1 Å². The van der Waals surface area contributed by atoms with Gasteiger partial charge in [0.15, 0.2) is 5.13 Å². The first-order chi connectivity index (χ1) is 9.61. The van der Waals surface area contributed by atoms with Crippen molar-refractivity contribution in [2.75, 3.05) is 36.9 Å². The summed E-state index contributed by atoms with van der Waals surface area (Å²) in [5.74, 6) is 0.0368. The molecule has 0 spiro atoms. The molecule has 2 heterocycles. The number of hydrogen-bond acceptors (Lipinski definition) is 7. The topological polar surface area (TPSA) is 118 Å². The second-order valence-corrected chi connectivity index (χ2v) is 5.85. The largest absolute Gasteiger partial charge is 0.396 e. The van der Waals surface area contributed by atoms with E-state index in [-0.39, 0.29) is 24.4 Å². The average Bonchev–Trinajstić information content (AvgIpc) is 2.82. The number of nitrogens with one attached hydrogen (secondary N) is 1. The molecule has 1 saturated heterocycles. The fraction of sp³-hybridized carbons (Fsp3) is 0.667. The van der Waals surface area contributed by atoms with Crippen molar-refractivity contribution in [3.05, 3.63) is 4.88 Å². The number of piperidine rings is 1.